The van der Waals surface area contributed by atoms with Crippen molar-refractivity contribution < 1.29 is 8.82 Å². The van der Waals surface area contributed by atoms with Gasteiger partial charge in [0.25, 0.3) is 0 Å². The maximum absolute atomic E-state index is 12.9. The highest BCUT2D eigenvalue weighted by Gasteiger charge is 2.39. The smallest absolute Gasteiger partial charge is 0.192 e. The minimum Gasteiger partial charge on any atom is -0.417 e. The molecule has 0 saturated carbocycles. The van der Waals surface area contributed by atoms with Crippen LogP contribution in [0.15, 0.2) is 11.9 Å². The van der Waals surface area contributed by atoms with Crippen LogP contribution in [-0.2, 0) is 4.43 Å². The molecule has 0 aliphatic carbocycles. The van der Waals surface area contributed by atoms with E-state index in [-0.39, 0.29) is 10.9 Å². The molecule has 102 valence electrons. The lowest BCUT2D eigenvalue weighted by Gasteiger charge is -2.39. The van der Waals surface area contributed by atoms with Crippen molar-refractivity contribution in [3.63, 3.8) is 0 Å². The second-order valence-corrected chi connectivity index (χ2v) is 10.8. The van der Waals surface area contributed by atoms with Gasteiger partial charge in [-0.15, -0.1) is 0 Å². The number of alkyl halides is 1. The Morgan fingerprint density at radius 1 is 1.41 bits per heavy atom. The van der Waals surface area contributed by atoms with Gasteiger partial charge >= 0.3 is 0 Å². The van der Waals surface area contributed by atoms with Crippen LogP contribution in [0.1, 0.15) is 40.0 Å². The van der Waals surface area contributed by atoms with Crippen molar-refractivity contribution >= 4 is 24.2 Å². The third-order valence-electron chi connectivity index (χ3n) is 3.58. The highest BCUT2D eigenvalue weighted by Crippen LogP contribution is 2.41. The van der Waals surface area contributed by atoms with E-state index >= 15 is 0 Å². The van der Waals surface area contributed by atoms with Crippen LogP contribution < -0.4 is 0 Å². The van der Waals surface area contributed by atoms with Crippen molar-refractivity contribution in [1.82, 2.24) is 0 Å². The molecule has 0 aromatic carbocycles. The molecule has 0 atom stereocenters. The molecule has 17 heavy (non-hydrogen) atoms. The summed E-state index contributed by atoms with van der Waals surface area (Å²) in [5.41, 5.74) is 0. The summed E-state index contributed by atoms with van der Waals surface area (Å²) in [5.74, 6) is -0.110. The second kappa shape index (κ2) is 7.69. The molecule has 0 heterocycles. The van der Waals surface area contributed by atoms with E-state index < -0.39 is 8.32 Å². The molecule has 0 amide bonds. The van der Waals surface area contributed by atoms with Gasteiger partial charge in [-0.25, -0.2) is 4.39 Å². The molecule has 0 aromatic rings. The first-order valence-electron chi connectivity index (χ1n) is 6.31. The van der Waals surface area contributed by atoms with Crippen LogP contribution in [0, 0.1) is 0 Å². The minimum atomic E-state index is -1.70. The summed E-state index contributed by atoms with van der Waals surface area (Å²) in [6.45, 7) is 11.9. The molecule has 0 fully saturated rings. The highest BCUT2D eigenvalue weighted by atomic mass is 79.9. The first-order valence-corrected chi connectivity index (χ1v) is 10.3. The summed E-state index contributed by atoms with van der Waals surface area (Å²) in [4.78, 5) is 0. The third kappa shape index (κ3) is 6.16. The highest BCUT2D eigenvalue weighted by molar-refractivity contribution is 9.09. The average Bonchev–Trinajstić information content (AvgIpc) is 2.23. The number of hydrogen-bond donors (Lipinski definition) is 0. The van der Waals surface area contributed by atoms with E-state index in [9.17, 15) is 4.39 Å². The van der Waals surface area contributed by atoms with Gasteiger partial charge < -0.3 is 4.43 Å². The molecule has 0 aliphatic rings. The van der Waals surface area contributed by atoms with E-state index in [1.807, 2.05) is 0 Å². The normalized spacial score (nSPS) is 14.2. The molecule has 1 nitrogen and oxygen atoms in total. The standard InChI is InChI=1S/C13H26BrFOSi/c1-6-9-13(2,3)17(4,5)16-10-7-8-12(15)11-14/h8H,6-7,9-11H2,1-5H3. The molecule has 0 aromatic heterocycles. The topological polar surface area (TPSA) is 9.23 Å². The maximum atomic E-state index is 12.9. The Labute approximate surface area is 115 Å². The molecule has 0 aliphatic heterocycles. The van der Waals surface area contributed by atoms with Crippen LogP contribution in [0.25, 0.3) is 0 Å². The fourth-order valence-corrected chi connectivity index (χ4v) is 3.81. The first-order chi connectivity index (χ1) is 7.77. The summed E-state index contributed by atoms with van der Waals surface area (Å²) >= 11 is 3.08. The quantitative estimate of drug-likeness (QED) is 0.329. The lowest BCUT2D eigenvalue weighted by atomic mass is 10.1. The zero-order valence-electron chi connectivity index (χ0n) is 11.8. The Hall–Kier alpha value is 0.327. The molecule has 0 spiro atoms. The SMILES string of the molecule is CCCC(C)(C)[Si](C)(C)OCCC=C(F)CBr. The summed E-state index contributed by atoms with van der Waals surface area (Å²) in [7, 11) is -1.70. The molecule has 0 N–H and O–H groups in total. The lowest BCUT2D eigenvalue weighted by Crippen LogP contribution is -2.42. The van der Waals surface area contributed by atoms with Gasteiger partial charge in [0.15, 0.2) is 8.32 Å². The Kier molecular flexibility index (Phi) is 7.84. The van der Waals surface area contributed by atoms with Gasteiger partial charge in [-0.1, -0.05) is 43.1 Å². The minimum absolute atomic E-state index is 0.110. The van der Waals surface area contributed by atoms with Crippen LogP contribution in [0.2, 0.25) is 18.1 Å². The van der Waals surface area contributed by atoms with E-state index in [2.05, 4.69) is 49.8 Å². The van der Waals surface area contributed by atoms with Crippen molar-refractivity contribution in [2.24, 2.45) is 0 Å². The molecule has 4 heteroatoms. The Morgan fingerprint density at radius 3 is 2.47 bits per heavy atom. The zero-order chi connectivity index (χ0) is 13.5. The second-order valence-electron chi connectivity index (χ2n) is 5.57. The Bertz CT molecular complexity index is 252. The van der Waals surface area contributed by atoms with E-state index in [0.717, 1.165) is 0 Å². The number of hydrogen-bond acceptors (Lipinski definition) is 1. The fraction of sp³-hybridized carbons (Fsp3) is 0.846. The van der Waals surface area contributed by atoms with E-state index in [4.69, 9.17) is 4.43 Å². The van der Waals surface area contributed by atoms with Gasteiger partial charge in [-0.05, 0) is 37.0 Å². The Morgan fingerprint density at radius 2 is 2.00 bits per heavy atom. The average molecular weight is 325 g/mol. The maximum Gasteiger partial charge on any atom is 0.192 e. The summed E-state index contributed by atoms with van der Waals surface area (Å²) in [5, 5.41) is 0.578. The lowest BCUT2D eigenvalue weighted by molar-refractivity contribution is 0.286. The van der Waals surface area contributed by atoms with Crippen molar-refractivity contribution in [3.05, 3.63) is 11.9 Å². The van der Waals surface area contributed by atoms with Crippen LogP contribution in [0.5, 0.6) is 0 Å². The van der Waals surface area contributed by atoms with Gasteiger partial charge in [0.2, 0.25) is 0 Å². The van der Waals surface area contributed by atoms with Crippen LogP contribution in [-0.4, -0.2) is 20.3 Å². The summed E-state index contributed by atoms with van der Waals surface area (Å²) in [6, 6.07) is 0. The summed E-state index contributed by atoms with van der Waals surface area (Å²) in [6.07, 6.45) is 4.64. The third-order valence-corrected chi connectivity index (χ3v) is 8.55. The van der Waals surface area contributed by atoms with E-state index in [1.165, 1.54) is 12.8 Å². The molecule has 0 unspecified atom stereocenters. The van der Waals surface area contributed by atoms with Crippen molar-refractivity contribution in [1.29, 1.82) is 0 Å². The Balaban J connectivity index is 4.18. The summed E-state index contributed by atoms with van der Waals surface area (Å²) < 4.78 is 18.9. The predicted molar refractivity (Wildman–Crippen MR) is 80.0 cm³/mol. The van der Waals surface area contributed by atoms with Crippen LogP contribution >= 0.6 is 15.9 Å². The van der Waals surface area contributed by atoms with E-state index in [0.29, 0.717) is 18.4 Å². The molecular formula is C13H26BrFOSi. The first kappa shape index (κ1) is 17.3. The van der Waals surface area contributed by atoms with Gasteiger partial charge in [-0.3, -0.25) is 0 Å². The van der Waals surface area contributed by atoms with Crippen molar-refractivity contribution in [2.75, 3.05) is 11.9 Å². The molecule has 0 bridgehead atoms. The van der Waals surface area contributed by atoms with Crippen molar-refractivity contribution in [3.8, 4) is 0 Å². The molecule has 0 radical (unpaired) electrons. The molecular weight excluding hydrogens is 299 g/mol. The molecule has 0 saturated heterocycles. The van der Waals surface area contributed by atoms with E-state index in [1.54, 1.807) is 6.08 Å². The van der Waals surface area contributed by atoms with Crippen LogP contribution in [0.3, 0.4) is 0 Å². The van der Waals surface area contributed by atoms with Gasteiger partial charge in [-0.2, -0.15) is 0 Å². The fourth-order valence-electron chi connectivity index (χ4n) is 1.71. The van der Waals surface area contributed by atoms with Crippen molar-refractivity contribution in [2.45, 2.75) is 58.2 Å². The number of allylic oxidation sites excluding steroid dienone is 1. The predicted octanol–water partition coefficient (Wildman–Crippen LogP) is 5.43. The van der Waals surface area contributed by atoms with Gasteiger partial charge in [0.05, 0.1) is 5.33 Å². The van der Waals surface area contributed by atoms with Gasteiger partial charge in [0, 0.05) is 6.61 Å². The molecule has 0 rings (SSSR count). The zero-order valence-corrected chi connectivity index (χ0v) is 14.4. The van der Waals surface area contributed by atoms with Crippen LogP contribution in [0.4, 0.5) is 4.39 Å². The van der Waals surface area contributed by atoms with Gasteiger partial charge in [0.1, 0.15) is 5.83 Å². The monoisotopic (exact) mass is 324 g/mol. The number of rotatable bonds is 8. The largest absolute Gasteiger partial charge is 0.417 e. The number of halogens is 2.